The van der Waals surface area contributed by atoms with Gasteiger partial charge in [-0.2, -0.15) is 0 Å². The minimum atomic E-state index is -0.955. The molecular weight excluding hydrogens is 429 g/mol. The molecule has 0 amide bonds. The van der Waals surface area contributed by atoms with Gasteiger partial charge in [0, 0.05) is 29.6 Å². The van der Waals surface area contributed by atoms with Gasteiger partial charge in [-0.3, -0.25) is 0 Å². The van der Waals surface area contributed by atoms with E-state index in [4.69, 9.17) is 0 Å². The Kier molecular flexibility index (Phi) is 5.78. The molecule has 168 valence electrons. The maximum absolute atomic E-state index is 13.6. The van der Waals surface area contributed by atoms with Crippen molar-refractivity contribution in [3.05, 3.63) is 78.4 Å². The van der Waals surface area contributed by atoms with E-state index in [1.165, 1.54) is 18.2 Å². The normalized spacial score (nSPS) is 14.4. The molecule has 3 heterocycles. The third kappa shape index (κ3) is 4.45. The van der Waals surface area contributed by atoms with Crippen molar-refractivity contribution in [2.75, 3.05) is 18.4 Å². The van der Waals surface area contributed by atoms with Crippen LogP contribution in [0.2, 0.25) is 0 Å². The number of imidazole rings is 1. The first-order valence-corrected chi connectivity index (χ1v) is 10.7. The number of hydrogen-bond acceptors (Lipinski definition) is 5. The van der Waals surface area contributed by atoms with Gasteiger partial charge < -0.3 is 15.2 Å². The monoisotopic (exact) mass is 450 g/mol. The summed E-state index contributed by atoms with van der Waals surface area (Å²) in [6.45, 7) is 1.77. The van der Waals surface area contributed by atoms with Crippen molar-refractivity contribution < 1.29 is 13.2 Å². The number of piperidine rings is 1. The van der Waals surface area contributed by atoms with Crippen molar-refractivity contribution in [1.82, 2.24) is 24.8 Å². The van der Waals surface area contributed by atoms with Gasteiger partial charge in [0.05, 0.1) is 17.6 Å². The number of aromatic nitrogens is 4. The van der Waals surface area contributed by atoms with Crippen LogP contribution in [0.4, 0.5) is 24.8 Å². The lowest BCUT2D eigenvalue weighted by atomic mass is 10.0. The van der Waals surface area contributed by atoms with Crippen LogP contribution in [0.25, 0.3) is 22.8 Å². The number of rotatable bonds is 5. The van der Waals surface area contributed by atoms with E-state index >= 15 is 0 Å². The highest BCUT2D eigenvalue weighted by Crippen LogP contribution is 2.33. The topological polar surface area (TPSA) is 67.7 Å². The van der Waals surface area contributed by atoms with E-state index < -0.39 is 11.6 Å². The molecule has 5 rings (SSSR count). The summed E-state index contributed by atoms with van der Waals surface area (Å²) >= 11 is 0. The standard InChI is InChI=1S/C24H21F3N6/c25-16-3-1-15(2-4-16)23-30-14-22(33(23)18-7-10-28-11-8-18)21-9-12-29-24(32-21)31-17-5-6-19(26)20(27)13-17/h1-6,9,12-14,18,28H,7-8,10-11H2,(H,29,31,32). The Bertz CT molecular complexity index is 1270. The number of nitrogens with one attached hydrogen (secondary N) is 2. The maximum Gasteiger partial charge on any atom is 0.227 e. The van der Waals surface area contributed by atoms with Gasteiger partial charge in [0.25, 0.3) is 0 Å². The molecule has 0 atom stereocenters. The average molecular weight is 450 g/mol. The number of nitrogens with zero attached hydrogens (tertiary/aromatic N) is 4. The zero-order valence-corrected chi connectivity index (χ0v) is 17.6. The Morgan fingerprint density at radius 1 is 0.909 bits per heavy atom. The molecule has 0 radical (unpaired) electrons. The Labute approximate surface area is 188 Å². The number of benzene rings is 2. The zero-order chi connectivity index (χ0) is 22.8. The van der Waals surface area contributed by atoms with Gasteiger partial charge in [0.2, 0.25) is 5.95 Å². The average Bonchev–Trinajstić information content (AvgIpc) is 3.28. The van der Waals surface area contributed by atoms with Crippen molar-refractivity contribution in [3.8, 4) is 22.8 Å². The molecule has 2 aromatic heterocycles. The smallest absolute Gasteiger partial charge is 0.227 e. The molecule has 6 nitrogen and oxygen atoms in total. The van der Waals surface area contributed by atoms with Crippen LogP contribution in [0.5, 0.6) is 0 Å². The van der Waals surface area contributed by atoms with Gasteiger partial charge >= 0.3 is 0 Å². The molecule has 0 bridgehead atoms. The molecule has 0 aliphatic carbocycles. The fraction of sp³-hybridized carbons (Fsp3) is 0.208. The van der Waals surface area contributed by atoms with Crippen LogP contribution in [0.1, 0.15) is 18.9 Å². The molecule has 33 heavy (non-hydrogen) atoms. The van der Waals surface area contributed by atoms with Crippen LogP contribution in [0.3, 0.4) is 0 Å². The van der Waals surface area contributed by atoms with Gasteiger partial charge in [0.1, 0.15) is 11.6 Å². The van der Waals surface area contributed by atoms with E-state index in [1.54, 1.807) is 30.6 Å². The molecule has 1 fully saturated rings. The second-order valence-electron chi connectivity index (χ2n) is 7.84. The lowest BCUT2D eigenvalue weighted by Gasteiger charge is -2.27. The van der Waals surface area contributed by atoms with Crippen LogP contribution < -0.4 is 10.6 Å². The summed E-state index contributed by atoms with van der Waals surface area (Å²) in [4.78, 5) is 13.5. The summed E-state index contributed by atoms with van der Waals surface area (Å²) in [6, 6.07) is 11.8. The lowest BCUT2D eigenvalue weighted by molar-refractivity contribution is 0.373. The fourth-order valence-electron chi connectivity index (χ4n) is 4.06. The van der Waals surface area contributed by atoms with Gasteiger partial charge in [-0.05, 0) is 68.4 Å². The van der Waals surface area contributed by atoms with Gasteiger partial charge in [-0.25, -0.2) is 28.1 Å². The van der Waals surface area contributed by atoms with Crippen LogP contribution in [-0.2, 0) is 0 Å². The highest BCUT2D eigenvalue weighted by Gasteiger charge is 2.23. The van der Waals surface area contributed by atoms with Gasteiger partial charge in [0.15, 0.2) is 11.6 Å². The van der Waals surface area contributed by atoms with E-state index in [0.717, 1.165) is 55.1 Å². The third-order valence-electron chi connectivity index (χ3n) is 5.67. The number of halogens is 3. The summed E-state index contributed by atoms with van der Waals surface area (Å²) in [6.07, 6.45) is 5.19. The van der Waals surface area contributed by atoms with Crippen molar-refractivity contribution in [2.45, 2.75) is 18.9 Å². The highest BCUT2D eigenvalue weighted by molar-refractivity contribution is 5.65. The predicted octanol–water partition coefficient (Wildman–Crippen LogP) is 5.09. The Morgan fingerprint density at radius 2 is 1.70 bits per heavy atom. The maximum atomic E-state index is 13.6. The first-order chi connectivity index (χ1) is 16.1. The van der Waals surface area contributed by atoms with E-state index in [9.17, 15) is 13.2 Å². The van der Waals surface area contributed by atoms with E-state index in [1.807, 2.05) is 0 Å². The quantitative estimate of drug-likeness (QED) is 0.443. The minimum absolute atomic E-state index is 0.196. The molecule has 2 N–H and O–H groups in total. The van der Waals surface area contributed by atoms with Crippen molar-refractivity contribution >= 4 is 11.6 Å². The fourth-order valence-corrected chi connectivity index (χ4v) is 4.06. The first kappa shape index (κ1) is 21.1. The molecule has 1 aliphatic heterocycles. The van der Waals surface area contributed by atoms with Crippen molar-refractivity contribution in [2.24, 2.45) is 0 Å². The zero-order valence-electron chi connectivity index (χ0n) is 17.6. The summed E-state index contributed by atoms with van der Waals surface area (Å²) in [5.74, 6) is -1.19. The summed E-state index contributed by atoms with van der Waals surface area (Å²) in [5.41, 5.74) is 2.59. The predicted molar refractivity (Wildman–Crippen MR) is 119 cm³/mol. The molecule has 1 saturated heterocycles. The van der Waals surface area contributed by atoms with Crippen LogP contribution in [0.15, 0.2) is 60.9 Å². The summed E-state index contributed by atoms with van der Waals surface area (Å²) in [5, 5.41) is 6.29. The molecular formula is C24H21F3N6. The first-order valence-electron chi connectivity index (χ1n) is 10.7. The molecule has 2 aromatic carbocycles. The van der Waals surface area contributed by atoms with Crippen LogP contribution >= 0.6 is 0 Å². The van der Waals surface area contributed by atoms with Crippen molar-refractivity contribution in [3.63, 3.8) is 0 Å². The van der Waals surface area contributed by atoms with E-state index in [0.29, 0.717) is 11.4 Å². The molecule has 4 aromatic rings. The molecule has 9 heteroatoms. The molecule has 0 spiro atoms. The molecule has 1 aliphatic rings. The van der Waals surface area contributed by atoms with E-state index in [-0.39, 0.29) is 17.8 Å². The Hall–Kier alpha value is -3.72. The van der Waals surface area contributed by atoms with Gasteiger partial charge in [-0.1, -0.05) is 0 Å². The SMILES string of the molecule is Fc1ccc(-c2ncc(-c3ccnc(Nc4ccc(F)c(F)c4)n3)n2C2CCNCC2)cc1. The lowest BCUT2D eigenvalue weighted by Crippen LogP contribution is -2.30. The number of anilines is 2. The molecule has 0 saturated carbocycles. The second-order valence-corrected chi connectivity index (χ2v) is 7.84. The highest BCUT2D eigenvalue weighted by atomic mass is 19.2. The van der Waals surface area contributed by atoms with Crippen LogP contribution in [-0.4, -0.2) is 32.6 Å². The minimum Gasteiger partial charge on any atom is -0.324 e. The Balaban J connectivity index is 1.54. The summed E-state index contributed by atoms with van der Waals surface area (Å²) < 4.78 is 42.5. The summed E-state index contributed by atoms with van der Waals surface area (Å²) in [7, 11) is 0. The van der Waals surface area contributed by atoms with Crippen LogP contribution in [0, 0.1) is 17.5 Å². The second kappa shape index (κ2) is 9.03. The van der Waals surface area contributed by atoms with Gasteiger partial charge in [-0.15, -0.1) is 0 Å². The van der Waals surface area contributed by atoms with E-state index in [2.05, 4.69) is 30.2 Å². The third-order valence-corrected chi connectivity index (χ3v) is 5.67. The van der Waals surface area contributed by atoms with Crippen molar-refractivity contribution in [1.29, 1.82) is 0 Å². The number of hydrogen-bond donors (Lipinski definition) is 2. The Morgan fingerprint density at radius 3 is 2.45 bits per heavy atom. The molecule has 0 unspecified atom stereocenters. The largest absolute Gasteiger partial charge is 0.324 e.